The van der Waals surface area contributed by atoms with Gasteiger partial charge >= 0.3 is 0 Å². The Balaban J connectivity index is 0.000000303. The van der Waals surface area contributed by atoms with Crippen molar-refractivity contribution < 1.29 is 0 Å². The van der Waals surface area contributed by atoms with Gasteiger partial charge in [-0.25, -0.2) is 0 Å². The highest BCUT2D eigenvalue weighted by molar-refractivity contribution is 5.62. The van der Waals surface area contributed by atoms with Crippen molar-refractivity contribution in [2.75, 3.05) is 22.9 Å². The maximum Gasteiger partial charge on any atom is 0.0353 e. The smallest absolute Gasteiger partial charge is 0.0353 e. The van der Waals surface area contributed by atoms with Crippen LogP contribution in [0.4, 0.5) is 22.7 Å². The van der Waals surface area contributed by atoms with Crippen molar-refractivity contribution in [3.63, 3.8) is 0 Å². The summed E-state index contributed by atoms with van der Waals surface area (Å²) in [6.45, 7) is 12.9. The third kappa shape index (κ3) is 7.47. The van der Waals surface area contributed by atoms with E-state index in [9.17, 15) is 0 Å². The van der Waals surface area contributed by atoms with Gasteiger partial charge in [-0.2, -0.15) is 0 Å². The lowest BCUT2D eigenvalue weighted by Crippen LogP contribution is -2.03. The highest BCUT2D eigenvalue weighted by atomic mass is 14.6. The molecule has 0 atom stereocenters. The number of hydrogen-bond acceptors (Lipinski definition) is 4. The summed E-state index contributed by atoms with van der Waals surface area (Å²) in [6, 6.07) is 8.15. The maximum absolute atomic E-state index is 6.05. The molecule has 0 aliphatic heterocycles. The Labute approximate surface area is 184 Å². The first-order chi connectivity index (χ1) is 14.1. The molecular weight excluding hydrogens is 368 g/mol. The largest absolute Gasteiger partial charge is 0.398 e. The quantitative estimate of drug-likeness (QED) is 0.365. The number of hydrogen-bond donors (Lipinski definition) is 4. The third-order valence-electron chi connectivity index (χ3n) is 5.53. The van der Waals surface area contributed by atoms with E-state index in [0.29, 0.717) is 11.8 Å². The molecule has 30 heavy (non-hydrogen) atoms. The van der Waals surface area contributed by atoms with Crippen molar-refractivity contribution in [3.05, 3.63) is 46.5 Å². The van der Waals surface area contributed by atoms with Gasteiger partial charge in [0, 0.05) is 22.7 Å². The van der Waals surface area contributed by atoms with Crippen LogP contribution in [-0.2, 0) is 12.8 Å². The van der Waals surface area contributed by atoms with Gasteiger partial charge in [-0.3, -0.25) is 0 Å². The molecule has 0 aliphatic carbocycles. The minimum Gasteiger partial charge on any atom is -0.398 e. The van der Waals surface area contributed by atoms with E-state index in [0.717, 1.165) is 46.7 Å². The van der Waals surface area contributed by atoms with Crippen LogP contribution in [-0.4, -0.2) is 0 Å². The molecule has 0 aromatic heterocycles. The van der Waals surface area contributed by atoms with Gasteiger partial charge in [0.05, 0.1) is 0 Å². The lowest BCUT2D eigenvalue weighted by atomic mass is 9.94. The van der Waals surface area contributed by atoms with E-state index in [1.165, 1.54) is 36.8 Å². The van der Waals surface area contributed by atoms with Crippen molar-refractivity contribution in [1.82, 2.24) is 0 Å². The molecule has 0 saturated carbocycles. The monoisotopic (exact) mass is 412 g/mol. The zero-order valence-electron chi connectivity index (χ0n) is 20.0. The fourth-order valence-corrected chi connectivity index (χ4v) is 3.56. The molecule has 0 bridgehead atoms. The predicted molar refractivity (Wildman–Crippen MR) is 136 cm³/mol. The maximum atomic E-state index is 6.05. The number of nitrogen functional groups attached to an aromatic ring is 4. The highest BCUT2D eigenvalue weighted by Gasteiger charge is 2.10. The number of aryl methyl sites for hydroxylation is 2. The molecule has 0 saturated heterocycles. The SMILES string of the molecule is CC(C)c1cc(N)c(C(C)C)cc1N.CCCCc1cc(N)c(CCCC)cc1N. The van der Waals surface area contributed by atoms with Crippen molar-refractivity contribution >= 4 is 22.7 Å². The molecular formula is C26H44N4. The molecule has 4 heteroatoms. The zero-order chi connectivity index (χ0) is 22.8. The summed E-state index contributed by atoms with van der Waals surface area (Å²) in [5, 5.41) is 0. The summed E-state index contributed by atoms with van der Waals surface area (Å²) < 4.78 is 0. The molecule has 2 aromatic carbocycles. The zero-order valence-corrected chi connectivity index (χ0v) is 20.0. The first kappa shape index (κ1) is 25.7. The fraction of sp³-hybridized carbons (Fsp3) is 0.538. The summed E-state index contributed by atoms with van der Waals surface area (Å²) in [4.78, 5) is 0. The summed E-state index contributed by atoms with van der Waals surface area (Å²) in [7, 11) is 0. The normalized spacial score (nSPS) is 10.9. The summed E-state index contributed by atoms with van der Waals surface area (Å²) in [5.74, 6) is 0.858. The molecule has 0 fully saturated rings. The molecule has 0 amide bonds. The molecule has 2 rings (SSSR count). The van der Waals surface area contributed by atoms with Gasteiger partial charge in [-0.05, 0) is 84.0 Å². The van der Waals surface area contributed by atoms with Crippen molar-refractivity contribution in [3.8, 4) is 0 Å². The number of unbranched alkanes of at least 4 members (excludes halogenated alkanes) is 2. The van der Waals surface area contributed by atoms with Crippen LogP contribution in [0.2, 0.25) is 0 Å². The number of anilines is 4. The summed E-state index contributed by atoms with van der Waals surface area (Å²) in [5.41, 5.74) is 32.3. The van der Waals surface area contributed by atoms with Crippen LogP contribution < -0.4 is 22.9 Å². The van der Waals surface area contributed by atoms with Crippen LogP contribution in [0.25, 0.3) is 0 Å². The van der Waals surface area contributed by atoms with Crippen molar-refractivity contribution in [2.24, 2.45) is 0 Å². The molecule has 168 valence electrons. The van der Waals surface area contributed by atoms with E-state index in [1.807, 2.05) is 12.1 Å². The van der Waals surface area contributed by atoms with Gasteiger partial charge in [-0.15, -0.1) is 0 Å². The molecule has 0 aliphatic rings. The van der Waals surface area contributed by atoms with Crippen LogP contribution in [0.1, 0.15) is 101 Å². The predicted octanol–water partition coefficient (Wildman–Crippen LogP) is 6.63. The van der Waals surface area contributed by atoms with Crippen LogP contribution in [0.15, 0.2) is 24.3 Å². The van der Waals surface area contributed by atoms with Crippen molar-refractivity contribution in [2.45, 2.75) is 91.9 Å². The minimum atomic E-state index is 0.429. The Bertz CT molecular complexity index is 727. The average Bonchev–Trinajstić information content (AvgIpc) is 2.68. The van der Waals surface area contributed by atoms with Crippen molar-refractivity contribution in [1.29, 1.82) is 0 Å². The third-order valence-corrected chi connectivity index (χ3v) is 5.53. The number of nitrogens with two attached hydrogens (primary N) is 4. The molecule has 2 aromatic rings. The first-order valence-corrected chi connectivity index (χ1v) is 11.5. The van der Waals surface area contributed by atoms with Gasteiger partial charge < -0.3 is 22.9 Å². The van der Waals surface area contributed by atoms with E-state index in [-0.39, 0.29) is 0 Å². The van der Waals surface area contributed by atoms with Gasteiger partial charge in [0.1, 0.15) is 0 Å². The Morgan fingerprint density at radius 3 is 1.17 bits per heavy atom. The Kier molecular flexibility index (Phi) is 10.6. The van der Waals surface area contributed by atoms with Gasteiger partial charge in [0.2, 0.25) is 0 Å². The highest BCUT2D eigenvalue weighted by Crippen LogP contribution is 2.31. The molecule has 4 nitrogen and oxygen atoms in total. The number of benzene rings is 2. The van der Waals surface area contributed by atoms with Gasteiger partial charge in [0.15, 0.2) is 0 Å². The second-order valence-electron chi connectivity index (χ2n) is 8.88. The van der Waals surface area contributed by atoms with Gasteiger partial charge in [-0.1, -0.05) is 54.4 Å². The number of rotatable bonds is 8. The second kappa shape index (κ2) is 12.4. The summed E-state index contributed by atoms with van der Waals surface area (Å²) in [6.07, 6.45) is 6.82. The second-order valence-corrected chi connectivity index (χ2v) is 8.88. The molecule has 0 heterocycles. The van der Waals surface area contributed by atoms with Crippen LogP contribution in [0.3, 0.4) is 0 Å². The van der Waals surface area contributed by atoms with E-state index in [1.54, 1.807) is 0 Å². The minimum absolute atomic E-state index is 0.429. The Morgan fingerprint density at radius 1 is 0.567 bits per heavy atom. The summed E-state index contributed by atoms with van der Waals surface area (Å²) >= 11 is 0. The van der Waals surface area contributed by atoms with Gasteiger partial charge in [0.25, 0.3) is 0 Å². The van der Waals surface area contributed by atoms with E-state index < -0.39 is 0 Å². The van der Waals surface area contributed by atoms with E-state index >= 15 is 0 Å². The topological polar surface area (TPSA) is 104 Å². The Hall–Kier alpha value is -2.36. The van der Waals surface area contributed by atoms with E-state index in [4.69, 9.17) is 22.9 Å². The average molecular weight is 413 g/mol. The first-order valence-electron chi connectivity index (χ1n) is 11.5. The Morgan fingerprint density at radius 2 is 0.900 bits per heavy atom. The fourth-order valence-electron chi connectivity index (χ4n) is 3.56. The van der Waals surface area contributed by atoms with E-state index in [2.05, 4.69) is 53.7 Å². The lowest BCUT2D eigenvalue weighted by molar-refractivity contribution is 0.788. The molecule has 8 N–H and O–H groups in total. The molecule has 0 radical (unpaired) electrons. The standard InChI is InChI=1S/C14H24N2.C12H20N2/c1-3-5-7-11-9-14(16)12(8-6-4-2)10-13(11)15;1-7(2)9-5-12(14)10(8(3)4)6-11(9)13/h9-10H,3-8,15-16H2,1-2H3;5-8H,13-14H2,1-4H3. The van der Waals surface area contributed by atoms with Crippen LogP contribution in [0, 0.1) is 0 Å². The molecule has 0 unspecified atom stereocenters. The van der Waals surface area contributed by atoms with Crippen LogP contribution in [0.5, 0.6) is 0 Å². The molecule has 0 spiro atoms. The van der Waals surface area contributed by atoms with Crippen LogP contribution >= 0.6 is 0 Å². The lowest BCUT2D eigenvalue weighted by Gasteiger charge is -2.15.